The van der Waals surface area contributed by atoms with Gasteiger partial charge in [0.25, 0.3) is 0 Å². The molecule has 0 fully saturated rings. The van der Waals surface area contributed by atoms with Crippen LogP contribution in [0.15, 0.2) is 72.4 Å². The molecule has 0 radical (unpaired) electrons. The largest absolute Gasteiger partial charge is 0.344 e. The molecule has 2 atom stereocenters. The zero-order valence-corrected chi connectivity index (χ0v) is 28.7. The Kier molecular flexibility index (Phi) is 23.0. The van der Waals surface area contributed by atoms with Crippen LogP contribution in [-0.2, 0) is 12.8 Å². The third-order valence-electron chi connectivity index (χ3n) is 7.63. The van der Waals surface area contributed by atoms with E-state index in [2.05, 4.69) is 139 Å². The summed E-state index contributed by atoms with van der Waals surface area (Å²) < 4.78 is 0. The Bertz CT molecular complexity index is 944. The standard InChI is InChI=1S/C32H52N6.2ClH.2H3N/c1-34(2)21-13-18-30-26-37(22-19-31(35(3)4)24-28-14-9-7-10-15-28)33-38(27-30)23-20-32(36(5)6)25-29-16-11-8-12-17-29;;;;/h7-12,14-17,26,31-33H,13,18-25,27H2,1-6H3;2*1H;2*1H3. The third kappa shape index (κ3) is 15.7. The Morgan fingerprint density at radius 2 is 1.19 bits per heavy atom. The van der Waals surface area contributed by atoms with Gasteiger partial charge < -0.3 is 32.0 Å². The fourth-order valence-electron chi connectivity index (χ4n) is 5.21. The maximum atomic E-state index is 3.74. The van der Waals surface area contributed by atoms with E-state index < -0.39 is 0 Å². The molecule has 8 nitrogen and oxygen atoms in total. The van der Waals surface area contributed by atoms with Gasteiger partial charge in [0, 0.05) is 37.9 Å². The van der Waals surface area contributed by atoms with E-state index in [1.54, 1.807) is 0 Å². The number of rotatable bonds is 16. The fraction of sp³-hybridized carbons (Fsp3) is 0.562. The normalized spacial score (nSPS) is 14.8. The minimum absolute atomic E-state index is 0. The molecule has 2 unspecified atom stereocenters. The van der Waals surface area contributed by atoms with E-state index in [4.69, 9.17) is 0 Å². The van der Waals surface area contributed by atoms with Crippen LogP contribution in [0.2, 0.25) is 0 Å². The highest BCUT2D eigenvalue weighted by Crippen LogP contribution is 2.17. The van der Waals surface area contributed by atoms with Crippen molar-refractivity contribution >= 4 is 24.8 Å². The minimum atomic E-state index is 0. The smallest absolute Gasteiger partial charge is 0.0376 e. The molecule has 3 rings (SSSR count). The van der Waals surface area contributed by atoms with Gasteiger partial charge in [-0.2, -0.15) is 5.53 Å². The number of hydrogen-bond donors (Lipinski definition) is 3. The first kappa shape index (κ1) is 42.4. The second kappa shape index (κ2) is 22.8. The summed E-state index contributed by atoms with van der Waals surface area (Å²) in [6, 6.07) is 22.8. The van der Waals surface area contributed by atoms with Gasteiger partial charge in [-0.25, -0.2) is 5.01 Å². The molecule has 0 saturated carbocycles. The highest BCUT2D eigenvalue weighted by molar-refractivity contribution is 5.85. The predicted octanol–water partition coefficient (Wildman–Crippen LogP) is 5.54. The Hall–Kier alpha value is -1.72. The lowest BCUT2D eigenvalue weighted by molar-refractivity contribution is 0.0365. The Morgan fingerprint density at radius 1 is 0.714 bits per heavy atom. The number of halogens is 2. The molecule has 1 aliphatic rings. The van der Waals surface area contributed by atoms with Gasteiger partial charge in [0.15, 0.2) is 0 Å². The molecule has 0 saturated heterocycles. The molecule has 0 bridgehead atoms. The molecule has 2 aromatic rings. The van der Waals surface area contributed by atoms with Crippen molar-refractivity contribution in [1.29, 1.82) is 0 Å². The molecule has 0 aliphatic carbocycles. The molecule has 0 spiro atoms. The van der Waals surface area contributed by atoms with Crippen LogP contribution in [0.5, 0.6) is 0 Å². The first-order chi connectivity index (χ1) is 18.3. The Balaban J connectivity index is 0. The predicted molar refractivity (Wildman–Crippen MR) is 186 cm³/mol. The summed E-state index contributed by atoms with van der Waals surface area (Å²) in [6.45, 7) is 4.14. The van der Waals surface area contributed by atoms with Crippen LogP contribution in [0.25, 0.3) is 0 Å². The van der Waals surface area contributed by atoms with Crippen LogP contribution in [0.1, 0.15) is 36.8 Å². The zero-order valence-electron chi connectivity index (χ0n) is 27.0. The van der Waals surface area contributed by atoms with Crippen molar-refractivity contribution in [1.82, 2.24) is 42.6 Å². The van der Waals surface area contributed by atoms with E-state index >= 15 is 0 Å². The SMILES string of the molecule is CN(C)CCCC1=CN(CCC(Cc2ccccc2)N(C)C)NN(CCC(Cc2ccccc2)N(C)C)C1.Cl.Cl.N.N. The zero-order chi connectivity index (χ0) is 27.3. The summed E-state index contributed by atoms with van der Waals surface area (Å²) in [5, 5.41) is 4.78. The number of nitrogens with one attached hydrogen (secondary N) is 1. The molecule has 1 aliphatic heterocycles. The van der Waals surface area contributed by atoms with E-state index in [0.717, 1.165) is 58.3 Å². The van der Waals surface area contributed by atoms with Gasteiger partial charge in [0.05, 0.1) is 0 Å². The van der Waals surface area contributed by atoms with Crippen LogP contribution < -0.4 is 17.8 Å². The van der Waals surface area contributed by atoms with E-state index in [-0.39, 0.29) is 37.1 Å². The number of hydrazine groups is 2. The highest BCUT2D eigenvalue weighted by Gasteiger charge is 2.21. The minimum Gasteiger partial charge on any atom is -0.344 e. The van der Waals surface area contributed by atoms with Crippen molar-refractivity contribution in [3.8, 4) is 0 Å². The molecule has 0 amide bonds. The van der Waals surface area contributed by atoms with Gasteiger partial charge in [-0.15, -0.1) is 24.8 Å². The fourth-order valence-corrected chi connectivity index (χ4v) is 5.21. The quantitative estimate of drug-likeness (QED) is 0.223. The third-order valence-corrected chi connectivity index (χ3v) is 7.63. The molecular formula is C32H60Cl2N8. The van der Waals surface area contributed by atoms with Gasteiger partial charge >= 0.3 is 0 Å². The average Bonchev–Trinajstić information content (AvgIpc) is 2.89. The molecule has 10 heteroatoms. The molecule has 42 heavy (non-hydrogen) atoms. The van der Waals surface area contributed by atoms with E-state index in [9.17, 15) is 0 Å². The first-order valence-corrected chi connectivity index (χ1v) is 14.3. The van der Waals surface area contributed by atoms with Crippen LogP contribution >= 0.6 is 24.8 Å². The summed E-state index contributed by atoms with van der Waals surface area (Å²) in [7, 11) is 13.2. The summed E-state index contributed by atoms with van der Waals surface area (Å²) >= 11 is 0. The van der Waals surface area contributed by atoms with Crippen LogP contribution in [-0.4, -0.2) is 105 Å². The maximum Gasteiger partial charge on any atom is 0.0376 e. The lowest BCUT2D eigenvalue weighted by Crippen LogP contribution is -2.53. The average molecular weight is 628 g/mol. The summed E-state index contributed by atoms with van der Waals surface area (Å²) in [6.07, 6.45) is 9.13. The maximum absolute atomic E-state index is 3.74. The Labute approximate surface area is 269 Å². The van der Waals surface area contributed by atoms with Crippen molar-refractivity contribution < 1.29 is 0 Å². The van der Waals surface area contributed by atoms with Gasteiger partial charge in [0.1, 0.15) is 0 Å². The van der Waals surface area contributed by atoms with Crippen LogP contribution in [0.3, 0.4) is 0 Å². The second-order valence-electron chi connectivity index (χ2n) is 11.6. The summed E-state index contributed by atoms with van der Waals surface area (Å²) in [5.41, 5.74) is 8.09. The van der Waals surface area contributed by atoms with Crippen molar-refractivity contribution in [3.05, 3.63) is 83.6 Å². The highest BCUT2D eigenvalue weighted by atomic mass is 35.5. The number of benzene rings is 2. The van der Waals surface area contributed by atoms with Gasteiger partial charge in [0.2, 0.25) is 0 Å². The van der Waals surface area contributed by atoms with E-state index in [1.807, 2.05) is 0 Å². The van der Waals surface area contributed by atoms with Crippen LogP contribution in [0, 0.1) is 0 Å². The molecule has 1 heterocycles. The summed E-state index contributed by atoms with van der Waals surface area (Å²) in [4.78, 5) is 7.04. The number of hydrogen-bond acceptors (Lipinski definition) is 8. The first-order valence-electron chi connectivity index (χ1n) is 14.3. The molecular weight excluding hydrogens is 567 g/mol. The van der Waals surface area contributed by atoms with Crippen LogP contribution in [0.4, 0.5) is 0 Å². The lowest BCUT2D eigenvalue weighted by Gasteiger charge is -2.38. The van der Waals surface area contributed by atoms with Crippen molar-refractivity contribution in [3.63, 3.8) is 0 Å². The molecule has 7 N–H and O–H groups in total. The Morgan fingerprint density at radius 3 is 1.64 bits per heavy atom. The molecule has 242 valence electrons. The van der Waals surface area contributed by atoms with Crippen molar-refractivity contribution in [2.24, 2.45) is 0 Å². The second-order valence-corrected chi connectivity index (χ2v) is 11.6. The summed E-state index contributed by atoms with van der Waals surface area (Å²) in [5.74, 6) is 0. The van der Waals surface area contributed by atoms with Gasteiger partial charge in [-0.05, 0) is 104 Å². The molecule has 2 aromatic carbocycles. The van der Waals surface area contributed by atoms with Crippen molar-refractivity contribution in [2.45, 2.75) is 50.6 Å². The van der Waals surface area contributed by atoms with Gasteiger partial charge in [-0.1, -0.05) is 60.7 Å². The number of likely N-dealkylation sites (N-methyl/N-ethyl adjacent to an activating group) is 2. The monoisotopic (exact) mass is 626 g/mol. The van der Waals surface area contributed by atoms with E-state index in [0.29, 0.717) is 12.1 Å². The van der Waals surface area contributed by atoms with Crippen molar-refractivity contribution in [2.75, 3.05) is 68.5 Å². The van der Waals surface area contributed by atoms with Gasteiger partial charge in [-0.3, -0.25) is 0 Å². The topological polar surface area (TPSA) is 98.2 Å². The van der Waals surface area contributed by atoms with E-state index in [1.165, 1.54) is 23.1 Å². The molecule has 0 aromatic heterocycles. The lowest BCUT2D eigenvalue weighted by atomic mass is 10.0. The number of nitrogens with zero attached hydrogens (tertiary/aromatic N) is 5.